The van der Waals surface area contributed by atoms with Crippen molar-refractivity contribution in [2.75, 3.05) is 13.1 Å². The van der Waals surface area contributed by atoms with Gasteiger partial charge in [-0.15, -0.1) is 0 Å². The Morgan fingerprint density at radius 1 is 1.10 bits per heavy atom. The van der Waals surface area contributed by atoms with E-state index >= 15 is 0 Å². The number of hydrogen-bond donors (Lipinski definition) is 1. The summed E-state index contributed by atoms with van der Waals surface area (Å²) in [5.74, 6) is 0.141. The van der Waals surface area contributed by atoms with Crippen molar-refractivity contribution in [2.24, 2.45) is 0 Å². The van der Waals surface area contributed by atoms with Crippen LogP contribution in [0.1, 0.15) is 28.8 Å². The second-order valence-corrected chi connectivity index (χ2v) is 8.30. The van der Waals surface area contributed by atoms with Gasteiger partial charge in [-0.2, -0.15) is 0 Å². The van der Waals surface area contributed by atoms with E-state index in [0.29, 0.717) is 25.2 Å². The number of carbonyl (C=O) groups excluding carboxylic acids is 2. The van der Waals surface area contributed by atoms with Gasteiger partial charge in [-0.05, 0) is 64.6 Å². The third-order valence-electron chi connectivity index (χ3n) is 6.42. The highest BCUT2D eigenvalue weighted by atomic mass is 16.3. The van der Waals surface area contributed by atoms with E-state index in [9.17, 15) is 14.7 Å². The summed E-state index contributed by atoms with van der Waals surface area (Å²) in [5, 5.41) is 12.2. The average Bonchev–Trinajstić information content (AvgIpc) is 3.14. The Kier molecular flexibility index (Phi) is 4.74. The molecule has 5 nitrogen and oxygen atoms in total. The molecule has 0 spiro atoms. The predicted octanol–water partition coefficient (Wildman–Crippen LogP) is 4.35. The van der Waals surface area contributed by atoms with Gasteiger partial charge in [0, 0.05) is 25.2 Å². The minimum Gasteiger partial charge on any atom is -0.508 e. The summed E-state index contributed by atoms with van der Waals surface area (Å²) in [6.45, 7) is 5.41. The molecule has 0 aliphatic carbocycles. The van der Waals surface area contributed by atoms with Gasteiger partial charge in [-0.1, -0.05) is 43.0 Å². The van der Waals surface area contributed by atoms with Crippen molar-refractivity contribution in [2.45, 2.75) is 25.4 Å². The zero-order valence-corrected chi connectivity index (χ0v) is 17.3. The van der Waals surface area contributed by atoms with E-state index in [4.69, 9.17) is 0 Å². The molecule has 2 heterocycles. The van der Waals surface area contributed by atoms with Crippen molar-refractivity contribution in [1.82, 2.24) is 9.80 Å². The smallest absolute Gasteiger partial charge is 0.254 e. The Hall–Kier alpha value is -3.60. The van der Waals surface area contributed by atoms with Crippen molar-refractivity contribution in [1.29, 1.82) is 0 Å². The van der Waals surface area contributed by atoms with Gasteiger partial charge in [0.1, 0.15) is 5.75 Å². The van der Waals surface area contributed by atoms with Crippen LogP contribution in [0.25, 0.3) is 21.9 Å². The first kappa shape index (κ1) is 19.4. The number of piperidine rings is 1. The first-order chi connectivity index (χ1) is 15.0. The lowest BCUT2D eigenvalue weighted by Gasteiger charge is -2.37. The molecule has 1 unspecified atom stereocenters. The van der Waals surface area contributed by atoms with Crippen LogP contribution in [0.15, 0.2) is 67.3 Å². The number of rotatable bonds is 3. The summed E-state index contributed by atoms with van der Waals surface area (Å²) in [5.41, 5.74) is 3.53. The number of benzene rings is 3. The first-order valence-electron chi connectivity index (χ1n) is 10.6. The largest absolute Gasteiger partial charge is 0.508 e. The minimum atomic E-state index is -0.0769. The molecule has 1 N–H and O–H groups in total. The molecule has 1 atom stereocenters. The molecule has 3 aromatic carbocycles. The maximum Gasteiger partial charge on any atom is 0.254 e. The molecule has 0 bridgehead atoms. The Balaban J connectivity index is 1.47. The first-order valence-corrected chi connectivity index (χ1v) is 10.6. The minimum absolute atomic E-state index is 0.0132. The lowest BCUT2D eigenvalue weighted by molar-refractivity contribution is -0.127. The molecular weight excluding hydrogens is 388 g/mol. The van der Waals surface area contributed by atoms with Crippen LogP contribution in [0.2, 0.25) is 0 Å². The van der Waals surface area contributed by atoms with Crippen LogP contribution < -0.4 is 0 Å². The van der Waals surface area contributed by atoms with Crippen molar-refractivity contribution in [3.05, 3.63) is 78.4 Å². The summed E-state index contributed by atoms with van der Waals surface area (Å²) < 4.78 is 0. The Morgan fingerprint density at radius 3 is 2.77 bits per heavy atom. The molecule has 1 saturated heterocycles. The topological polar surface area (TPSA) is 60.9 Å². The zero-order chi connectivity index (χ0) is 21.5. The second-order valence-electron chi connectivity index (χ2n) is 8.30. The number of nitrogens with zero attached hydrogens (tertiary/aromatic N) is 2. The van der Waals surface area contributed by atoms with Gasteiger partial charge in [-0.3, -0.25) is 9.59 Å². The Bertz CT molecular complexity index is 1220. The van der Waals surface area contributed by atoms with E-state index < -0.39 is 0 Å². The van der Waals surface area contributed by atoms with Gasteiger partial charge >= 0.3 is 0 Å². The quantitative estimate of drug-likeness (QED) is 0.651. The van der Waals surface area contributed by atoms with Crippen molar-refractivity contribution in [3.63, 3.8) is 0 Å². The molecule has 5 heteroatoms. The molecule has 156 valence electrons. The van der Waals surface area contributed by atoms with Crippen LogP contribution in [0.3, 0.4) is 0 Å². The van der Waals surface area contributed by atoms with Crippen LogP contribution in [0.5, 0.6) is 5.75 Å². The molecule has 0 radical (unpaired) electrons. The fraction of sp³-hybridized carbons (Fsp3) is 0.231. The Labute approximate surface area is 181 Å². The van der Waals surface area contributed by atoms with E-state index in [1.165, 1.54) is 6.08 Å². The van der Waals surface area contributed by atoms with Crippen molar-refractivity contribution >= 4 is 22.6 Å². The van der Waals surface area contributed by atoms with Gasteiger partial charge in [0.15, 0.2) is 0 Å². The van der Waals surface area contributed by atoms with Gasteiger partial charge < -0.3 is 14.9 Å². The monoisotopic (exact) mass is 412 g/mol. The molecular formula is C26H24N2O3. The van der Waals surface area contributed by atoms with Crippen LogP contribution in [-0.4, -0.2) is 45.9 Å². The van der Waals surface area contributed by atoms with Gasteiger partial charge in [-0.25, -0.2) is 0 Å². The highest BCUT2D eigenvalue weighted by Gasteiger charge is 2.35. The fourth-order valence-electron chi connectivity index (χ4n) is 4.86. The van der Waals surface area contributed by atoms with Crippen LogP contribution in [0, 0.1) is 0 Å². The number of aromatic hydroxyl groups is 1. The average molecular weight is 412 g/mol. The molecule has 2 aliphatic heterocycles. The van der Waals surface area contributed by atoms with Gasteiger partial charge in [0.25, 0.3) is 5.91 Å². The van der Waals surface area contributed by atoms with Crippen LogP contribution in [-0.2, 0) is 11.3 Å². The molecule has 3 aromatic rings. The van der Waals surface area contributed by atoms with Crippen molar-refractivity contribution < 1.29 is 14.7 Å². The number of hydrogen-bond acceptors (Lipinski definition) is 3. The van der Waals surface area contributed by atoms with Gasteiger partial charge in [0.05, 0.1) is 6.04 Å². The van der Waals surface area contributed by atoms with E-state index in [1.807, 2.05) is 47.4 Å². The highest BCUT2D eigenvalue weighted by molar-refractivity contribution is 6.02. The maximum absolute atomic E-state index is 13.3. The van der Waals surface area contributed by atoms with E-state index in [2.05, 4.69) is 6.58 Å². The fourth-order valence-corrected chi connectivity index (χ4v) is 4.86. The lowest BCUT2D eigenvalue weighted by Crippen LogP contribution is -2.49. The highest BCUT2D eigenvalue weighted by Crippen LogP contribution is 2.36. The number of phenols is 1. The molecule has 2 aliphatic rings. The number of amides is 2. The standard InChI is InChI=1S/C26H24N2O3/c1-2-25(30)27-11-5-7-20(16-27)28-15-19-10-9-18(13-24(19)26(28)31)23-14-21(29)12-17-6-3-4-8-22(17)23/h2-4,6,8-10,12-14,20,29H,1,5,7,11,15-16H2. The number of likely N-dealkylation sites (tertiary alicyclic amines) is 1. The molecule has 31 heavy (non-hydrogen) atoms. The van der Waals surface area contributed by atoms with E-state index in [0.717, 1.165) is 40.3 Å². The number of phenolic OH excluding ortho intramolecular Hbond substituents is 1. The third-order valence-corrected chi connectivity index (χ3v) is 6.42. The molecule has 0 saturated carbocycles. The molecule has 5 rings (SSSR count). The molecule has 1 fully saturated rings. The summed E-state index contributed by atoms with van der Waals surface area (Å²) >= 11 is 0. The van der Waals surface area contributed by atoms with E-state index in [-0.39, 0.29) is 23.6 Å². The summed E-state index contributed by atoms with van der Waals surface area (Å²) in [6.07, 6.45) is 3.12. The van der Waals surface area contributed by atoms with Crippen LogP contribution in [0.4, 0.5) is 0 Å². The Morgan fingerprint density at radius 2 is 1.94 bits per heavy atom. The second kappa shape index (κ2) is 7.58. The molecule has 0 aromatic heterocycles. The number of carbonyl (C=O) groups is 2. The third kappa shape index (κ3) is 3.36. The lowest BCUT2D eigenvalue weighted by atomic mass is 9.95. The zero-order valence-electron chi connectivity index (χ0n) is 17.3. The van der Waals surface area contributed by atoms with E-state index in [1.54, 1.807) is 17.0 Å². The molecule has 2 amide bonds. The summed E-state index contributed by atoms with van der Waals surface area (Å²) in [7, 11) is 0. The summed E-state index contributed by atoms with van der Waals surface area (Å²) in [4.78, 5) is 29.0. The normalized spacial score (nSPS) is 18.3. The SMILES string of the molecule is C=CC(=O)N1CCCC(N2Cc3ccc(-c4cc(O)cc5ccccc45)cc3C2=O)C1. The van der Waals surface area contributed by atoms with Crippen LogP contribution >= 0.6 is 0 Å². The predicted molar refractivity (Wildman–Crippen MR) is 121 cm³/mol. The van der Waals surface area contributed by atoms with Gasteiger partial charge in [0.2, 0.25) is 5.91 Å². The number of fused-ring (bicyclic) bond motifs is 2. The maximum atomic E-state index is 13.3. The van der Waals surface area contributed by atoms with Crippen molar-refractivity contribution in [3.8, 4) is 16.9 Å². The summed E-state index contributed by atoms with van der Waals surface area (Å²) in [6, 6.07) is 17.4.